The van der Waals surface area contributed by atoms with Crippen LogP contribution in [0.1, 0.15) is 43.7 Å². The predicted molar refractivity (Wildman–Crippen MR) is 98.6 cm³/mol. The fourth-order valence-corrected chi connectivity index (χ4v) is 3.15. The van der Waals surface area contributed by atoms with E-state index in [0.717, 1.165) is 37.1 Å². The Bertz CT molecular complexity index is 593. The van der Waals surface area contributed by atoms with Crippen molar-refractivity contribution in [2.24, 2.45) is 5.92 Å². The molecule has 1 fully saturated rings. The van der Waals surface area contributed by atoms with Crippen LogP contribution in [0.3, 0.4) is 0 Å². The smallest absolute Gasteiger partial charge is 0.225 e. The molecule has 0 atom stereocenters. The number of rotatable bonds is 7. The number of hydrogen-bond donors (Lipinski definition) is 1. The first-order chi connectivity index (χ1) is 12.0. The average molecular weight is 346 g/mol. The van der Waals surface area contributed by atoms with Gasteiger partial charge >= 0.3 is 0 Å². The lowest BCUT2D eigenvalue weighted by Gasteiger charge is -2.31. The molecule has 0 spiro atoms. The van der Waals surface area contributed by atoms with E-state index in [-0.39, 0.29) is 17.7 Å². The molecular formula is C20H30N2O3. The van der Waals surface area contributed by atoms with Gasteiger partial charge in [-0.15, -0.1) is 0 Å². The number of carbonyl (C=O) groups excluding carboxylic acids is 2. The Morgan fingerprint density at radius 1 is 1.24 bits per heavy atom. The predicted octanol–water partition coefficient (Wildman–Crippen LogP) is 2.84. The minimum Gasteiger partial charge on any atom is -0.493 e. The van der Waals surface area contributed by atoms with Gasteiger partial charge in [-0.25, -0.2) is 0 Å². The summed E-state index contributed by atoms with van der Waals surface area (Å²) in [6.45, 7) is 8.54. The normalized spacial score (nSPS) is 15.1. The van der Waals surface area contributed by atoms with Crippen molar-refractivity contribution < 1.29 is 14.3 Å². The molecule has 0 radical (unpaired) electrons. The minimum atomic E-state index is 0.0436. The molecular weight excluding hydrogens is 316 g/mol. The zero-order chi connectivity index (χ0) is 18.2. The van der Waals surface area contributed by atoms with Gasteiger partial charge in [0.1, 0.15) is 5.75 Å². The number of carbonyl (C=O) groups is 2. The fourth-order valence-electron chi connectivity index (χ4n) is 3.15. The molecule has 0 unspecified atom stereocenters. The SMILES string of the molecule is CCCNC(=O)C1CCN(C(=O)CCOc2ccc(C)cc2C)CC1. The van der Waals surface area contributed by atoms with E-state index in [0.29, 0.717) is 26.1 Å². The van der Waals surface area contributed by atoms with Crippen molar-refractivity contribution in [2.75, 3.05) is 26.2 Å². The van der Waals surface area contributed by atoms with Gasteiger partial charge in [-0.05, 0) is 44.7 Å². The molecule has 0 aliphatic carbocycles. The Balaban J connectivity index is 1.71. The summed E-state index contributed by atoms with van der Waals surface area (Å²) < 4.78 is 5.75. The highest BCUT2D eigenvalue weighted by atomic mass is 16.5. The summed E-state index contributed by atoms with van der Waals surface area (Å²) in [6, 6.07) is 6.04. The van der Waals surface area contributed by atoms with Crippen LogP contribution in [0.4, 0.5) is 0 Å². The van der Waals surface area contributed by atoms with Crippen molar-refractivity contribution in [1.29, 1.82) is 0 Å². The van der Waals surface area contributed by atoms with Crippen molar-refractivity contribution in [1.82, 2.24) is 10.2 Å². The number of hydrogen-bond acceptors (Lipinski definition) is 3. The largest absolute Gasteiger partial charge is 0.493 e. The van der Waals surface area contributed by atoms with Crippen LogP contribution >= 0.6 is 0 Å². The Morgan fingerprint density at radius 2 is 1.96 bits per heavy atom. The number of nitrogens with zero attached hydrogens (tertiary/aromatic N) is 1. The third kappa shape index (κ3) is 5.76. The molecule has 5 heteroatoms. The summed E-state index contributed by atoms with van der Waals surface area (Å²) in [4.78, 5) is 26.2. The second-order valence-corrected chi connectivity index (χ2v) is 6.81. The Labute approximate surface area is 150 Å². The molecule has 1 aliphatic rings. The van der Waals surface area contributed by atoms with Crippen LogP contribution in [0.25, 0.3) is 0 Å². The summed E-state index contributed by atoms with van der Waals surface area (Å²) in [5.74, 6) is 1.12. The molecule has 1 saturated heterocycles. The van der Waals surface area contributed by atoms with Gasteiger partial charge in [0, 0.05) is 25.6 Å². The van der Waals surface area contributed by atoms with E-state index in [1.807, 2.05) is 37.8 Å². The highest BCUT2D eigenvalue weighted by molar-refractivity contribution is 5.80. The van der Waals surface area contributed by atoms with Gasteiger partial charge in [0.25, 0.3) is 0 Å². The third-order valence-electron chi connectivity index (χ3n) is 4.67. The van der Waals surface area contributed by atoms with Gasteiger partial charge in [0.15, 0.2) is 0 Å². The van der Waals surface area contributed by atoms with E-state index in [2.05, 4.69) is 11.4 Å². The van der Waals surface area contributed by atoms with E-state index in [4.69, 9.17) is 4.74 Å². The standard InChI is InChI=1S/C20H30N2O3/c1-4-10-21-20(24)17-7-11-22(12-8-17)19(23)9-13-25-18-6-5-15(2)14-16(18)3/h5-6,14,17H,4,7-13H2,1-3H3,(H,21,24). The zero-order valence-corrected chi connectivity index (χ0v) is 15.6. The van der Waals surface area contributed by atoms with Crippen LogP contribution in [-0.2, 0) is 9.59 Å². The topological polar surface area (TPSA) is 58.6 Å². The van der Waals surface area contributed by atoms with Gasteiger partial charge in [-0.3, -0.25) is 9.59 Å². The van der Waals surface area contributed by atoms with Gasteiger partial charge in [0.05, 0.1) is 13.0 Å². The zero-order valence-electron chi connectivity index (χ0n) is 15.6. The lowest BCUT2D eigenvalue weighted by molar-refractivity contribution is -0.136. The average Bonchev–Trinajstić information content (AvgIpc) is 2.61. The molecule has 1 aromatic rings. The first-order valence-corrected chi connectivity index (χ1v) is 9.26. The molecule has 5 nitrogen and oxygen atoms in total. The second kappa shape index (κ2) is 9.44. The summed E-state index contributed by atoms with van der Waals surface area (Å²) in [5, 5.41) is 2.95. The molecule has 0 bridgehead atoms. The number of aryl methyl sites for hydroxylation is 2. The number of ether oxygens (including phenoxy) is 1. The Morgan fingerprint density at radius 3 is 2.60 bits per heavy atom. The number of nitrogens with one attached hydrogen (secondary N) is 1. The van der Waals surface area contributed by atoms with Crippen molar-refractivity contribution >= 4 is 11.8 Å². The van der Waals surface area contributed by atoms with Crippen LogP contribution in [0.15, 0.2) is 18.2 Å². The number of benzene rings is 1. The molecule has 1 aromatic carbocycles. The molecule has 0 aromatic heterocycles. The quantitative estimate of drug-likeness (QED) is 0.826. The molecule has 0 saturated carbocycles. The van der Waals surface area contributed by atoms with Crippen LogP contribution in [-0.4, -0.2) is 43.0 Å². The summed E-state index contributed by atoms with van der Waals surface area (Å²) in [6.07, 6.45) is 2.82. The summed E-state index contributed by atoms with van der Waals surface area (Å²) in [7, 11) is 0. The molecule has 2 amide bonds. The monoisotopic (exact) mass is 346 g/mol. The highest BCUT2D eigenvalue weighted by Crippen LogP contribution is 2.20. The maximum absolute atomic E-state index is 12.3. The molecule has 138 valence electrons. The van der Waals surface area contributed by atoms with E-state index >= 15 is 0 Å². The van der Waals surface area contributed by atoms with Crippen molar-refractivity contribution in [2.45, 2.75) is 46.5 Å². The van der Waals surface area contributed by atoms with Gasteiger partial charge in [-0.1, -0.05) is 24.6 Å². The van der Waals surface area contributed by atoms with Crippen molar-refractivity contribution in [3.05, 3.63) is 29.3 Å². The summed E-state index contributed by atoms with van der Waals surface area (Å²) in [5.41, 5.74) is 2.29. The number of piperidine rings is 1. The highest BCUT2D eigenvalue weighted by Gasteiger charge is 2.26. The van der Waals surface area contributed by atoms with Crippen LogP contribution in [0.5, 0.6) is 5.75 Å². The van der Waals surface area contributed by atoms with Crippen LogP contribution in [0, 0.1) is 19.8 Å². The summed E-state index contributed by atoms with van der Waals surface area (Å²) >= 11 is 0. The second-order valence-electron chi connectivity index (χ2n) is 6.81. The van der Waals surface area contributed by atoms with E-state index in [1.165, 1.54) is 5.56 Å². The van der Waals surface area contributed by atoms with E-state index < -0.39 is 0 Å². The van der Waals surface area contributed by atoms with Gasteiger partial charge in [-0.2, -0.15) is 0 Å². The Kier molecular flexibility index (Phi) is 7.29. The molecule has 1 aliphatic heterocycles. The number of amides is 2. The maximum Gasteiger partial charge on any atom is 0.225 e. The number of likely N-dealkylation sites (tertiary alicyclic amines) is 1. The third-order valence-corrected chi connectivity index (χ3v) is 4.67. The van der Waals surface area contributed by atoms with Gasteiger partial charge in [0.2, 0.25) is 11.8 Å². The van der Waals surface area contributed by atoms with Crippen LogP contribution in [0.2, 0.25) is 0 Å². The molecule has 1 N–H and O–H groups in total. The first-order valence-electron chi connectivity index (χ1n) is 9.26. The lowest BCUT2D eigenvalue weighted by atomic mass is 9.95. The fraction of sp³-hybridized carbons (Fsp3) is 0.600. The van der Waals surface area contributed by atoms with Crippen molar-refractivity contribution in [3.63, 3.8) is 0 Å². The molecule has 25 heavy (non-hydrogen) atoms. The van der Waals surface area contributed by atoms with Crippen molar-refractivity contribution in [3.8, 4) is 5.75 Å². The Hall–Kier alpha value is -2.04. The van der Waals surface area contributed by atoms with E-state index in [9.17, 15) is 9.59 Å². The van der Waals surface area contributed by atoms with Gasteiger partial charge < -0.3 is 15.0 Å². The van der Waals surface area contributed by atoms with E-state index in [1.54, 1.807) is 0 Å². The first kappa shape index (κ1) is 19.3. The minimum absolute atomic E-state index is 0.0436. The van der Waals surface area contributed by atoms with Crippen LogP contribution < -0.4 is 10.1 Å². The molecule has 2 rings (SSSR count). The molecule has 1 heterocycles. The maximum atomic E-state index is 12.3. The lowest BCUT2D eigenvalue weighted by Crippen LogP contribution is -2.43.